The van der Waals surface area contributed by atoms with Gasteiger partial charge in [0.1, 0.15) is 0 Å². The van der Waals surface area contributed by atoms with Crippen molar-refractivity contribution in [3.05, 3.63) is 17.8 Å². The van der Waals surface area contributed by atoms with Gasteiger partial charge in [-0.2, -0.15) is 0 Å². The van der Waals surface area contributed by atoms with Gasteiger partial charge in [0.25, 0.3) is 0 Å². The normalized spacial score (nSPS) is 11.8. The van der Waals surface area contributed by atoms with Gasteiger partial charge < -0.3 is 0 Å². The summed E-state index contributed by atoms with van der Waals surface area (Å²) in [5.41, 5.74) is 0.313. The molecule has 0 aliphatic rings. The second-order valence-electron chi connectivity index (χ2n) is 2.55. The van der Waals surface area contributed by atoms with Gasteiger partial charge in [0.2, 0.25) is 0 Å². The molecule has 1 amide bonds. The van der Waals surface area contributed by atoms with Crippen molar-refractivity contribution in [2.75, 3.05) is 0 Å². The fraction of sp³-hybridized carbons (Fsp3) is 0.286. The Labute approximate surface area is 75.0 Å². The Kier molecular flexibility index (Phi) is 2.84. The number of hydrogen-bond donors (Lipinski definition) is 2. The van der Waals surface area contributed by atoms with Crippen LogP contribution in [-0.4, -0.2) is 30.1 Å². The third-order valence-corrected chi connectivity index (χ3v) is 1.50. The van der Waals surface area contributed by atoms with Gasteiger partial charge in [-0.15, -0.1) is 0 Å². The Hall–Kier alpha value is -1.59. The number of aliphatic carboxylic acids is 1. The van der Waals surface area contributed by atoms with Gasteiger partial charge in [0.05, 0.1) is 0 Å². The predicted molar refractivity (Wildman–Crippen MR) is 44.6 cm³/mol. The molecule has 1 aromatic rings. The molecule has 68 valence electrons. The summed E-state index contributed by atoms with van der Waals surface area (Å²) in [6.07, 6.45) is 1.35. The minimum absolute atomic E-state index is 0.313. The summed E-state index contributed by atoms with van der Waals surface area (Å²) in [5, 5.41) is 10.8. The minimum atomic E-state index is -1.07. The van der Waals surface area contributed by atoms with Crippen molar-refractivity contribution < 1.29 is 19.0 Å². The average molecular weight is 181 g/mol. The standard InChI is InChI=1S/C7H8BNO4/c1-4(7(11)12)9-6(10)5-2-3-13-8-5/h2-4H,1H3,(H,9,10)(H,11,12). The van der Waals surface area contributed by atoms with Crippen molar-refractivity contribution >= 4 is 19.0 Å². The van der Waals surface area contributed by atoms with Crippen molar-refractivity contribution in [1.82, 2.24) is 5.32 Å². The van der Waals surface area contributed by atoms with E-state index in [-0.39, 0.29) is 0 Å². The van der Waals surface area contributed by atoms with Gasteiger partial charge in [0.15, 0.2) is 0 Å². The third kappa shape index (κ3) is 2.43. The van der Waals surface area contributed by atoms with Gasteiger partial charge in [-0.3, -0.25) is 0 Å². The topological polar surface area (TPSA) is 79.5 Å². The van der Waals surface area contributed by atoms with E-state index in [0.29, 0.717) is 5.46 Å². The Morgan fingerprint density at radius 2 is 2.38 bits per heavy atom. The summed E-state index contributed by atoms with van der Waals surface area (Å²) in [4.78, 5) is 21.6. The van der Waals surface area contributed by atoms with Crippen LogP contribution in [0.1, 0.15) is 17.2 Å². The van der Waals surface area contributed by atoms with Crippen LogP contribution in [0.3, 0.4) is 0 Å². The molecule has 2 N–H and O–H groups in total. The summed E-state index contributed by atoms with van der Waals surface area (Å²) < 4.78 is 4.67. The van der Waals surface area contributed by atoms with E-state index in [0.717, 1.165) is 0 Å². The Morgan fingerprint density at radius 1 is 1.69 bits per heavy atom. The Morgan fingerprint density at radius 3 is 2.85 bits per heavy atom. The van der Waals surface area contributed by atoms with Gasteiger partial charge in [-0.25, -0.2) is 0 Å². The number of carboxylic acid groups (broad SMARTS) is 1. The molecule has 0 saturated carbocycles. The molecule has 0 spiro atoms. The molecule has 0 radical (unpaired) electrons. The Bertz CT molecular complexity index is 308. The van der Waals surface area contributed by atoms with E-state index in [2.05, 4.69) is 9.65 Å². The maximum atomic E-state index is 11.2. The maximum absolute atomic E-state index is 11.2. The van der Waals surface area contributed by atoms with Crippen LogP contribution in [0.4, 0.5) is 0 Å². The quantitative estimate of drug-likeness (QED) is 0.677. The summed E-state index contributed by atoms with van der Waals surface area (Å²) in [7, 11) is 1.25. The monoisotopic (exact) mass is 181 g/mol. The number of carboxylic acids is 1. The van der Waals surface area contributed by atoms with Crippen molar-refractivity contribution in [3.8, 4) is 0 Å². The van der Waals surface area contributed by atoms with E-state index < -0.39 is 17.9 Å². The van der Waals surface area contributed by atoms with Gasteiger partial charge >= 0.3 is 74.1 Å². The van der Waals surface area contributed by atoms with Crippen LogP contribution in [0.15, 0.2) is 16.7 Å². The fourth-order valence-corrected chi connectivity index (χ4v) is 0.735. The van der Waals surface area contributed by atoms with Crippen molar-refractivity contribution in [2.45, 2.75) is 13.0 Å². The van der Waals surface area contributed by atoms with Gasteiger partial charge in [0, 0.05) is 0 Å². The van der Waals surface area contributed by atoms with Crippen LogP contribution < -0.4 is 5.32 Å². The van der Waals surface area contributed by atoms with Crippen LogP contribution >= 0.6 is 0 Å². The van der Waals surface area contributed by atoms with Gasteiger partial charge in [-0.05, 0) is 0 Å². The summed E-state index contributed by atoms with van der Waals surface area (Å²) >= 11 is 0. The summed E-state index contributed by atoms with van der Waals surface area (Å²) in [6.45, 7) is 1.39. The average Bonchev–Trinajstić information content (AvgIpc) is 2.55. The van der Waals surface area contributed by atoms with Crippen LogP contribution in [0.25, 0.3) is 0 Å². The molecule has 6 heteroatoms. The first-order valence-electron chi connectivity index (χ1n) is 3.67. The first kappa shape index (κ1) is 9.50. The zero-order chi connectivity index (χ0) is 9.84. The number of hydrogen-bond acceptors (Lipinski definition) is 3. The first-order valence-corrected chi connectivity index (χ1v) is 3.67. The Balaban J connectivity index is 2.56. The molecule has 0 saturated heterocycles. The molecule has 0 aliphatic carbocycles. The number of rotatable bonds is 3. The van der Waals surface area contributed by atoms with Crippen LogP contribution in [0.2, 0.25) is 0 Å². The summed E-state index contributed by atoms with van der Waals surface area (Å²) in [5.74, 6) is -1.53. The van der Waals surface area contributed by atoms with E-state index in [1.54, 1.807) is 0 Å². The molecule has 1 unspecified atom stereocenters. The molecule has 1 heterocycles. The molecule has 1 atom stereocenters. The fourth-order valence-electron chi connectivity index (χ4n) is 0.735. The van der Waals surface area contributed by atoms with Crippen LogP contribution in [-0.2, 0) is 4.79 Å². The van der Waals surface area contributed by atoms with E-state index in [1.807, 2.05) is 0 Å². The van der Waals surface area contributed by atoms with Crippen molar-refractivity contribution in [2.24, 2.45) is 0 Å². The van der Waals surface area contributed by atoms with Crippen LogP contribution in [0, 0.1) is 0 Å². The zero-order valence-corrected chi connectivity index (χ0v) is 6.98. The third-order valence-electron chi connectivity index (χ3n) is 1.50. The molecule has 0 aliphatic heterocycles. The second-order valence-corrected chi connectivity index (χ2v) is 2.55. The molecule has 1 aromatic heterocycles. The molecular formula is C7H8BNO4. The second kappa shape index (κ2) is 3.89. The molecular weight excluding hydrogens is 173 g/mol. The molecule has 13 heavy (non-hydrogen) atoms. The predicted octanol–water partition coefficient (Wildman–Crippen LogP) is -0.179. The van der Waals surface area contributed by atoms with E-state index >= 15 is 0 Å². The first-order chi connectivity index (χ1) is 6.11. The van der Waals surface area contributed by atoms with E-state index in [1.165, 1.54) is 26.4 Å². The number of amides is 1. The zero-order valence-electron chi connectivity index (χ0n) is 6.98. The molecule has 0 bridgehead atoms. The number of carbonyl (C=O) groups excluding carboxylic acids is 1. The number of nitrogens with one attached hydrogen (secondary N) is 1. The summed E-state index contributed by atoms with van der Waals surface area (Å²) in [6, 6.07) is 0.562. The molecule has 0 fully saturated rings. The van der Waals surface area contributed by atoms with E-state index in [9.17, 15) is 9.59 Å². The van der Waals surface area contributed by atoms with Crippen LogP contribution in [0.5, 0.6) is 0 Å². The number of carbonyl (C=O) groups is 2. The molecule has 1 rings (SSSR count). The van der Waals surface area contributed by atoms with Crippen molar-refractivity contribution in [1.29, 1.82) is 0 Å². The van der Waals surface area contributed by atoms with Crippen molar-refractivity contribution in [3.63, 3.8) is 0 Å². The van der Waals surface area contributed by atoms with Gasteiger partial charge in [-0.1, -0.05) is 0 Å². The molecule has 5 nitrogen and oxygen atoms in total. The SMILES string of the molecule is CC(NC(=O)c1bocc1)C(=O)O. The van der Waals surface area contributed by atoms with E-state index in [4.69, 9.17) is 5.11 Å². The molecule has 0 aromatic carbocycles.